The first-order valence-corrected chi connectivity index (χ1v) is 5.12. The van der Waals surface area contributed by atoms with E-state index in [-0.39, 0.29) is 12.6 Å². The van der Waals surface area contributed by atoms with Crippen LogP contribution in [0.15, 0.2) is 24.3 Å². The molecule has 15 heavy (non-hydrogen) atoms. The van der Waals surface area contributed by atoms with Crippen LogP contribution in [0.4, 0.5) is 0 Å². The molecular formula is C12H15O3. The number of rotatable bonds is 5. The highest BCUT2D eigenvalue weighted by Crippen LogP contribution is 2.07. The molecule has 81 valence electrons. The van der Waals surface area contributed by atoms with Crippen LogP contribution in [0.5, 0.6) is 0 Å². The van der Waals surface area contributed by atoms with E-state index in [1.807, 2.05) is 12.1 Å². The Morgan fingerprint density at radius 2 is 1.93 bits per heavy atom. The molecule has 1 aromatic rings. The quantitative estimate of drug-likeness (QED) is 0.695. The zero-order valence-electron chi connectivity index (χ0n) is 8.86. The average molecular weight is 207 g/mol. The summed E-state index contributed by atoms with van der Waals surface area (Å²) in [6.07, 6.45) is 1.41. The first-order chi connectivity index (χ1) is 7.27. The molecule has 0 spiro atoms. The summed E-state index contributed by atoms with van der Waals surface area (Å²) in [6.45, 7) is 2.11. The summed E-state index contributed by atoms with van der Waals surface area (Å²) < 4.78 is 4.86. The van der Waals surface area contributed by atoms with Crippen molar-refractivity contribution in [1.29, 1.82) is 0 Å². The second-order valence-corrected chi connectivity index (χ2v) is 3.23. The third kappa shape index (κ3) is 3.72. The van der Waals surface area contributed by atoms with E-state index in [0.717, 1.165) is 12.0 Å². The van der Waals surface area contributed by atoms with Crippen molar-refractivity contribution >= 4 is 5.97 Å². The minimum Gasteiger partial charge on any atom is -0.462 e. The normalized spacial score (nSPS) is 10.0. The van der Waals surface area contributed by atoms with Crippen LogP contribution in [0.2, 0.25) is 0 Å². The molecule has 0 unspecified atom stereocenters. The molecule has 0 fully saturated rings. The van der Waals surface area contributed by atoms with Gasteiger partial charge in [-0.1, -0.05) is 12.1 Å². The molecule has 0 N–H and O–H groups in total. The van der Waals surface area contributed by atoms with Gasteiger partial charge in [0.25, 0.3) is 0 Å². The van der Waals surface area contributed by atoms with Crippen LogP contribution in [0.1, 0.15) is 29.3 Å². The maximum Gasteiger partial charge on any atom is 0.338 e. The number of hydrogen-bond acceptors (Lipinski definition) is 2. The molecule has 0 saturated carbocycles. The van der Waals surface area contributed by atoms with E-state index >= 15 is 0 Å². The number of hydrogen-bond donors (Lipinski definition) is 0. The Morgan fingerprint density at radius 1 is 1.27 bits per heavy atom. The summed E-state index contributed by atoms with van der Waals surface area (Å²) in [5.41, 5.74) is 1.64. The van der Waals surface area contributed by atoms with Gasteiger partial charge in [-0.15, -0.1) is 0 Å². The van der Waals surface area contributed by atoms with Gasteiger partial charge < -0.3 is 4.74 Å². The lowest BCUT2D eigenvalue weighted by Crippen LogP contribution is -2.04. The average Bonchev–Trinajstić information content (AvgIpc) is 2.27. The van der Waals surface area contributed by atoms with E-state index in [4.69, 9.17) is 4.74 Å². The number of ether oxygens (including phenoxy) is 1. The van der Waals surface area contributed by atoms with Gasteiger partial charge in [0.15, 0.2) is 0 Å². The Kier molecular flexibility index (Phi) is 4.84. The van der Waals surface area contributed by atoms with Crippen molar-refractivity contribution in [3.05, 3.63) is 35.4 Å². The van der Waals surface area contributed by atoms with Gasteiger partial charge in [0.1, 0.15) is 0 Å². The molecule has 0 aromatic heterocycles. The van der Waals surface area contributed by atoms with Crippen LogP contribution in [0, 0.1) is 0 Å². The van der Waals surface area contributed by atoms with Gasteiger partial charge >= 0.3 is 5.97 Å². The predicted octanol–water partition coefficient (Wildman–Crippen LogP) is 2.23. The fraction of sp³-hybridized carbons (Fsp3) is 0.417. The van der Waals surface area contributed by atoms with E-state index in [0.29, 0.717) is 18.6 Å². The highest BCUT2D eigenvalue weighted by atomic mass is 16.5. The fourth-order valence-electron chi connectivity index (χ4n) is 1.30. The van der Waals surface area contributed by atoms with E-state index in [9.17, 15) is 9.90 Å². The number of carbonyl (C=O) groups excluding carboxylic acids is 1. The van der Waals surface area contributed by atoms with E-state index in [2.05, 4.69) is 0 Å². The van der Waals surface area contributed by atoms with Gasteiger partial charge in [-0.2, -0.15) is 0 Å². The Labute approximate surface area is 89.7 Å². The molecule has 0 aliphatic heterocycles. The molecule has 0 bridgehead atoms. The molecule has 1 rings (SSSR count). The Bertz CT molecular complexity index is 303. The fourth-order valence-corrected chi connectivity index (χ4v) is 1.30. The second kappa shape index (κ2) is 6.19. The van der Waals surface area contributed by atoms with E-state index in [1.54, 1.807) is 19.1 Å². The zero-order chi connectivity index (χ0) is 11.1. The summed E-state index contributed by atoms with van der Waals surface area (Å²) in [4.78, 5) is 11.3. The van der Waals surface area contributed by atoms with Gasteiger partial charge in [0, 0.05) is 0 Å². The first kappa shape index (κ1) is 11.7. The van der Waals surface area contributed by atoms with Gasteiger partial charge in [0.05, 0.1) is 18.8 Å². The topological polar surface area (TPSA) is 46.2 Å². The van der Waals surface area contributed by atoms with Crippen molar-refractivity contribution in [1.82, 2.24) is 0 Å². The minimum atomic E-state index is -0.298. The number of esters is 1. The highest BCUT2D eigenvalue weighted by Gasteiger charge is 2.04. The van der Waals surface area contributed by atoms with Crippen molar-refractivity contribution in [2.75, 3.05) is 13.2 Å². The summed E-state index contributed by atoms with van der Waals surface area (Å²) in [5, 5.41) is 10.3. The Hall–Kier alpha value is -1.35. The minimum absolute atomic E-state index is 0.0559. The Balaban J connectivity index is 2.59. The molecule has 0 aliphatic rings. The summed E-state index contributed by atoms with van der Waals surface area (Å²) in [5.74, 6) is -0.298. The van der Waals surface area contributed by atoms with Crippen LogP contribution in [0.3, 0.4) is 0 Å². The van der Waals surface area contributed by atoms with Crippen LogP contribution < -0.4 is 0 Å². The highest BCUT2D eigenvalue weighted by molar-refractivity contribution is 5.89. The third-order valence-corrected chi connectivity index (χ3v) is 2.07. The van der Waals surface area contributed by atoms with E-state index in [1.165, 1.54) is 0 Å². The van der Waals surface area contributed by atoms with Gasteiger partial charge in [-0.3, -0.25) is 0 Å². The van der Waals surface area contributed by atoms with Gasteiger partial charge in [0.2, 0.25) is 0 Å². The van der Waals surface area contributed by atoms with Gasteiger partial charge in [-0.05, 0) is 37.5 Å². The lowest BCUT2D eigenvalue weighted by molar-refractivity contribution is 0.0526. The van der Waals surface area contributed by atoms with Gasteiger partial charge in [-0.25, -0.2) is 9.90 Å². The van der Waals surface area contributed by atoms with E-state index < -0.39 is 0 Å². The summed E-state index contributed by atoms with van der Waals surface area (Å²) in [7, 11) is 0. The van der Waals surface area contributed by atoms with Crippen molar-refractivity contribution in [2.24, 2.45) is 0 Å². The second-order valence-electron chi connectivity index (χ2n) is 3.23. The van der Waals surface area contributed by atoms with Crippen LogP contribution in [0.25, 0.3) is 0 Å². The van der Waals surface area contributed by atoms with Crippen LogP contribution >= 0.6 is 0 Å². The molecule has 0 amide bonds. The van der Waals surface area contributed by atoms with Crippen molar-refractivity contribution in [2.45, 2.75) is 19.8 Å². The lowest BCUT2D eigenvalue weighted by Gasteiger charge is -2.03. The molecule has 0 heterocycles. The molecular weight excluding hydrogens is 192 g/mol. The summed E-state index contributed by atoms with van der Waals surface area (Å²) in [6, 6.07) is 7.19. The lowest BCUT2D eigenvalue weighted by atomic mass is 10.1. The van der Waals surface area contributed by atoms with Crippen molar-refractivity contribution < 1.29 is 14.6 Å². The molecule has 3 nitrogen and oxygen atoms in total. The maximum absolute atomic E-state index is 11.3. The SMILES string of the molecule is CCOC(=O)c1ccc(CCC[O])cc1. The monoisotopic (exact) mass is 207 g/mol. The molecule has 1 radical (unpaired) electrons. The first-order valence-electron chi connectivity index (χ1n) is 5.12. The third-order valence-electron chi connectivity index (χ3n) is 2.07. The van der Waals surface area contributed by atoms with Crippen LogP contribution in [-0.2, 0) is 16.3 Å². The number of benzene rings is 1. The molecule has 0 atom stereocenters. The zero-order valence-corrected chi connectivity index (χ0v) is 8.86. The molecule has 1 aromatic carbocycles. The standard InChI is InChI=1S/C12H15O3/c1-2-15-12(14)11-7-5-10(6-8-11)4-3-9-13/h5-8H,2-4,9H2,1H3. The molecule has 0 saturated heterocycles. The smallest absolute Gasteiger partial charge is 0.338 e. The maximum atomic E-state index is 11.3. The number of carbonyl (C=O) groups is 1. The number of aryl methyl sites for hydroxylation is 1. The van der Waals surface area contributed by atoms with Crippen LogP contribution in [-0.4, -0.2) is 19.2 Å². The molecule has 3 heteroatoms. The Morgan fingerprint density at radius 3 is 2.47 bits per heavy atom. The summed E-state index contributed by atoms with van der Waals surface area (Å²) >= 11 is 0. The largest absolute Gasteiger partial charge is 0.462 e. The van der Waals surface area contributed by atoms with Crippen molar-refractivity contribution in [3.63, 3.8) is 0 Å². The molecule has 0 aliphatic carbocycles. The predicted molar refractivity (Wildman–Crippen MR) is 56.3 cm³/mol. The van der Waals surface area contributed by atoms with Crippen molar-refractivity contribution in [3.8, 4) is 0 Å².